The summed E-state index contributed by atoms with van der Waals surface area (Å²) in [5, 5.41) is 3.13. The highest BCUT2D eigenvalue weighted by Gasteiger charge is 2.23. The first kappa shape index (κ1) is 18.0. The van der Waals surface area contributed by atoms with Gasteiger partial charge in [-0.15, -0.1) is 0 Å². The van der Waals surface area contributed by atoms with Gasteiger partial charge in [-0.25, -0.2) is 0 Å². The molecule has 1 atom stereocenters. The topological polar surface area (TPSA) is 87.3 Å². The lowest BCUT2D eigenvalue weighted by atomic mass is 10.0. The van der Waals surface area contributed by atoms with Crippen LogP contribution < -0.4 is 16.2 Å². The fourth-order valence-electron chi connectivity index (χ4n) is 1.79. The highest BCUT2D eigenvalue weighted by Crippen LogP contribution is 2.09. The molecule has 120 valence electrons. The normalized spacial score (nSPS) is 11.7. The molecule has 0 saturated heterocycles. The van der Waals surface area contributed by atoms with E-state index >= 15 is 0 Å². The van der Waals surface area contributed by atoms with Crippen molar-refractivity contribution >= 4 is 29.3 Å². The predicted molar refractivity (Wildman–Crippen MR) is 83.9 cm³/mol. The van der Waals surface area contributed by atoms with Crippen molar-refractivity contribution in [3.05, 3.63) is 34.9 Å². The van der Waals surface area contributed by atoms with Gasteiger partial charge in [0.1, 0.15) is 6.04 Å². The average molecular weight is 326 g/mol. The third-order valence-electron chi connectivity index (χ3n) is 2.91. The second kappa shape index (κ2) is 8.38. The third-order valence-corrected chi connectivity index (χ3v) is 3.16. The number of carbonyl (C=O) groups excluding carboxylic acids is 3. The Hall–Kier alpha value is -2.08. The van der Waals surface area contributed by atoms with E-state index in [-0.39, 0.29) is 24.2 Å². The van der Waals surface area contributed by atoms with Crippen LogP contribution in [0.15, 0.2) is 24.3 Å². The Labute approximate surface area is 134 Å². The van der Waals surface area contributed by atoms with E-state index in [1.165, 1.54) is 6.92 Å². The number of hydrazine groups is 1. The summed E-state index contributed by atoms with van der Waals surface area (Å²) in [6.45, 7) is 4.94. The molecular weight excluding hydrogens is 306 g/mol. The molecule has 0 aliphatic heterocycles. The zero-order valence-corrected chi connectivity index (χ0v) is 13.5. The molecule has 0 aliphatic carbocycles. The highest BCUT2D eigenvalue weighted by molar-refractivity contribution is 6.30. The third kappa shape index (κ3) is 6.13. The minimum absolute atomic E-state index is 0.0999. The molecule has 0 radical (unpaired) electrons. The molecule has 0 fully saturated rings. The Morgan fingerprint density at radius 1 is 1.09 bits per heavy atom. The Morgan fingerprint density at radius 2 is 1.68 bits per heavy atom. The van der Waals surface area contributed by atoms with E-state index in [0.29, 0.717) is 5.02 Å². The highest BCUT2D eigenvalue weighted by atomic mass is 35.5. The summed E-state index contributed by atoms with van der Waals surface area (Å²) < 4.78 is 0. The number of hydrogen-bond acceptors (Lipinski definition) is 3. The summed E-state index contributed by atoms with van der Waals surface area (Å²) in [4.78, 5) is 34.8. The van der Waals surface area contributed by atoms with Crippen molar-refractivity contribution in [1.29, 1.82) is 0 Å². The van der Waals surface area contributed by atoms with Crippen LogP contribution in [0.2, 0.25) is 5.02 Å². The van der Waals surface area contributed by atoms with E-state index in [0.717, 1.165) is 5.56 Å². The minimum atomic E-state index is -0.701. The van der Waals surface area contributed by atoms with Crippen molar-refractivity contribution in [2.24, 2.45) is 5.92 Å². The van der Waals surface area contributed by atoms with Gasteiger partial charge in [0.15, 0.2) is 0 Å². The number of nitrogens with one attached hydrogen (secondary N) is 3. The van der Waals surface area contributed by atoms with Gasteiger partial charge in [0.05, 0.1) is 6.42 Å². The molecule has 1 aromatic carbocycles. The number of benzene rings is 1. The molecule has 3 N–H and O–H groups in total. The maximum Gasteiger partial charge on any atom is 0.261 e. The molecule has 3 amide bonds. The van der Waals surface area contributed by atoms with Crippen LogP contribution >= 0.6 is 11.6 Å². The average Bonchev–Trinajstić information content (AvgIpc) is 2.44. The molecular formula is C15H20ClN3O3. The van der Waals surface area contributed by atoms with E-state index < -0.39 is 11.9 Å². The number of rotatable bonds is 5. The van der Waals surface area contributed by atoms with Crippen LogP contribution in [-0.2, 0) is 20.8 Å². The first-order chi connectivity index (χ1) is 10.3. The van der Waals surface area contributed by atoms with Crippen molar-refractivity contribution in [2.45, 2.75) is 33.2 Å². The Morgan fingerprint density at radius 3 is 2.18 bits per heavy atom. The van der Waals surface area contributed by atoms with Gasteiger partial charge in [-0.3, -0.25) is 25.2 Å². The summed E-state index contributed by atoms with van der Waals surface area (Å²) in [5.41, 5.74) is 5.43. The van der Waals surface area contributed by atoms with Crippen molar-refractivity contribution in [2.75, 3.05) is 0 Å². The van der Waals surface area contributed by atoms with Gasteiger partial charge in [0.2, 0.25) is 11.8 Å². The fraction of sp³-hybridized carbons (Fsp3) is 0.400. The Bertz CT molecular complexity index is 543. The zero-order chi connectivity index (χ0) is 16.7. The molecule has 0 aliphatic rings. The Kier molecular flexibility index (Phi) is 6.85. The lowest BCUT2D eigenvalue weighted by Crippen LogP contribution is -2.54. The molecule has 0 bridgehead atoms. The van der Waals surface area contributed by atoms with E-state index in [4.69, 9.17) is 11.6 Å². The van der Waals surface area contributed by atoms with E-state index in [1.807, 2.05) is 0 Å². The van der Waals surface area contributed by atoms with Crippen molar-refractivity contribution in [3.8, 4) is 0 Å². The SMILES string of the molecule is CC(=O)NC(C(=O)NNC(=O)Cc1ccc(Cl)cc1)C(C)C. The number of carbonyl (C=O) groups is 3. The number of hydrogen-bond donors (Lipinski definition) is 3. The van der Waals surface area contributed by atoms with Crippen LogP contribution in [0.3, 0.4) is 0 Å². The zero-order valence-electron chi connectivity index (χ0n) is 12.8. The van der Waals surface area contributed by atoms with E-state index in [1.54, 1.807) is 38.1 Å². The molecule has 7 heteroatoms. The lowest BCUT2D eigenvalue weighted by Gasteiger charge is -2.21. The summed E-state index contributed by atoms with van der Waals surface area (Å²) >= 11 is 5.76. The van der Waals surface area contributed by atoms with Gasteiger partial charge >= 0.3 is 0 Å². The van der Waals surface area contributed by atoms with Crippen molar-refractivity contribution in [3.63, 3.8) is 0 Å². The van der Waals surface area contributed by atoms with Gasteiger partial charge in [0.25, 0.3) is 5.91 Å². The molecule has 1 unspecified atom stereocenters. The number of amides is 3. The van der Waals surface area contributed by atoms with Gasteiger partial charge in [0, 0.05) is 11.9 Å². The van der Waals surface area contributed by atoms with Crippen LogP contribution in [0.1, 0.15) is 26.3 Å². The monoisotopic (exact) mass is 325 g/mol. The number of halogens is 1. The van der Waals surface area contributed by atoms with Crippen LogP contribution in [0.5, 0.6) is 0 Å². The summed E-state index contributed by atoms with van der Waals surface area (Å²) in [6.07, 6.45) is 0.115. The molecule has 1 aromatic rings. The summed E-state index contributed by atoms with van der Waals surface area (Å²) in [7, 11) is 0. The minimum Gasteiger partial charge on any atom is -0.344 e. The molecule has 1 rings (SSSR count). The van der Waals surface area contributed by atoms with Gasteiger partial charge in [-0.2, -0.15) is 0 Å². The molecule has 0 spiro atoms. The molecule has 0 aromatic heterocycles. The predicted octanol–water partition coefficient (Wildman–Crippen LogP) is 1.19. The van der Waals surface area contributed by atoms with Crippen molar-refractivity contribution in [1.82, 2.24) is 16.2 Å². The molecule has 0 heterocycles. The maximum atomic E-state index is 12.0. The van der Waals surface area contributed by atoms with Crippen LogP contribution in [0.4, 0.5) is 0 Å². The molecule has 0 saturated carbocycles. The fourth-order valence-corrected chi connectivity index (χ4v) is 1.92. The molecule has 6 nitrogen and oxygen atoms in total. The second-order valence-corrected chi connectivity index (χ2v) is 5.70. The van der Waals surface area contributed by atoms with Crippen LogP contribution in [0.25, 0.3) is 0 Å². The molecule has 22 heavy (non-hydrogen) atoms. The quantitative estimate of drug-likeness (QED) is 0.711. The van der Waals surface area contributed by atoms with Crippen LogP contribution in [0, 0.1) is 5.92 Å². The maximum absolute atomic E-state index is 12.0. The first-order valence-electron chi connectivity index (χ1n) is 6.90. The lowest BCUT2D eigenvalue weighted by molar-refractivity contribution is -0.132. The first-order valence-corrected chi connectivity index (χ1v) is 7.27. The summed E-state index contributed by atoms with van der Waals surface area (Å²) in [6, 6.07) is 6.15. The van der Waals surface area contributed by atoms with Crippen molar-refractivity contribution < 1.29 is 14.4 Å². The largest absolute Gasteiger partial charge is 0.344 e. The van der Waals surface area contributed by atoms with E-state index in [9.17, 15) is 14.4 Å². The summed E-state index contributed by atoms with van der Waals surface area (Å²) in [5.74, 6) is -1.23. The van der Waals surface area contributed by atoms with Gasteiger partial charge in [-0.1, -0.05) is 37.6 Å². The Balaban J connectivity index is 2.49. The standard InChI is InChI=1S/C15H20ClN3O3/c1-9(2)14(17-10(3)20)15(22)19-18-13(21)8-11-4-6-12(16)7-5-11/h4-7,9,14H,8H2,1-3H3,(H,17,20)(H,18,21)(H,19,22). The second-order valence-electron chi connectivity index (χ2n) is 5.26. The van der Waals surface area contributed by atoms with E-state index in [2.05, 4.69) is 16.2 Å². The van der Waals surface area contributed by atoms with Gasteiger partial charge < -0.3 is 5.32 Å². The smallest absolute Gasteiger partial charge is 0.261 e. The van der Waals surface area contributed by atoms with Gasteiger partial charge in [-0.05, 0) is 23.6 Å². The van der Waals surface area contributed by atoms with Crippen LogP contribution in [-0.4, -0.2) is 23.8 Å².